The molecule has 1 nitrogen and oxygen atoms in total. The first kappa shape index (κ1) is 10.4. The van der Waals surface area contributed by atoms with Crippen molar-refractivity contribution in [2.24, 2.45) is 0 Å². The lowest BCUT2D eigenvalue weighted by atomic mass is 10.3. The van der Waals surface area contributed by atoms with Gasteiger partial charge in [-0.3, -0.25) is 0 Å². The molecule has 0 N–H and O–H groups in total. The summed E-state index contributed by atoms with van der Waals surface area (Å²) in [5.74, 6) is 1.05. The van der Waals surface area contributed by atoms with Gasteiger partial charge < -0.3 is 4.74 Å². The van der Waals surface area contributed by atoms with Crippen LogP contribution in [-0.2, 0) is 4.74 Å². The van der Waals surface area contributed by atoms with Gasteiger partial charge >= 0.3 is 0 Å². The van der Waals surface area contributed by atoms with Gasteiger partial charge in [0.05, 0.1) is 6.10 Å². The minimum Gasteiger partial charge on any atom is -0.491 e. The topological polar surface area (TPSA) is 9.23 Å². The Hall–Kier alpha value is -0.720. The summed E-state index contributed by atoms with van der Waals surface area (Å²) < 4.78 is 5.87. The number of allylic oxidation sites excluding steroid dienone is 3. The van der Waals surface area contributed by atoms with Gasteiger partial charge in [0.2, 0.25) is 0 Å². The van der Waals surface area contributed by atoms with E-state index < -0.39 is 0 Å². The van der Waals surface area contributed by atoms with Crippen LogP contribution in [0.4, 0.5) is 0 Å². The zero-order chi connectivity index (χ0) is 9.52. The van der Waals surface area contributed by atoms with Crippen molar-refractivity contribution in [2.75, 3.05) is 0 Å². The highest BCUT2D eigenvalue weighted by Crippen LogP contribution is 2.23. The molecule has 0 bridgehead atoms. The van der Waals surface area contributed by atoms with Crippen LogP contribution in [0.25, 0.3) is 0 Å². The van der Waals surface area contributed by atoms with Gasteiger partial charge in [-0.25, -0.2) is 0 Å². The lowest BCUT2D eigenvalue weighted by Gasteiger charge is -2.13. The Labute approximate surface area is 81.5 Å². The molecule has 1 saturated carbocycles. The summed E-state index contributed by atoms with van der Waals surface area (Å²) >= 11 is 0. The van der Waals surface area contributed by atoms with E-state index >= 15 is 0 Å². The maximum atomic E-state index is 5.87. The molecule has 0 aromatic heterocycles. The van der Waals surface area contributed by atoms with E-state index in [0.29, 0.717) is 6.10 Å². The van der Waals surface area contributed by atoms with Crippen molar-refractivity contribution >= 4 is 0 Å². The monoisotopic (exact) mass is 180 g/mol. The molecule has 1 heteroatoms. The standard InChI is InChI=1S/C12H20O/c1-3-7-11(8-4-2)13-12-9-5-6-10-12/h3,7-8,12H,4-6,9-10H2,1-2H3/b7-3-,11-8+. The summed E-state index contributed by atoms with van der Waals surface area (Å²) in [6.07, 6.45) is 12.9. The molecule has 13 heavy (non-hydrogen) atoms. The molecule has 0 spiro atoms. The molecule has 1 fully saturated rings. The Morgan fingerprint density at radius 2 is 2.08 bits per heavy atom. The highest BCUT2D eigenvalue weighted by molar-refractivity contribution is 5.11. The Kier molecular flexibility index (Phi) is 4.66. The van der Waals surface area contributed by atoms with Gasteiger partial charge in [0.15, 0.2) is 0 Å². The Morgan fingerprint density at radius 3 is 2.62 bits per heavy atom. The van der Waals surface area contributed by atoms with Crippen molar-refractivity contribution < 1.29 is 4.74 Å². The lowest BCUT2D eigenvalue weighted by molar-refractivity contribution is 0.131. The molecule has 0 amide bonds. The predicted molar refractivity (Wildman–Crippen MR) is 56.5 cm³/mol. The van der Waals surface area contributed by atoms with Gasteiger partial charge in [0, 0.05) is 0 Å². The van der Waals surface area contributed by atoms with Crippen LogP contribution in [-0.4, -0.2) is 6.10 Å². The molecule has 1 aliphatic rings. The second-order valence-electron chi connectivity index (χ2n) is 3.54. The van der Waals surface area contributed by atoms with E-state index in [9.17, 15) is 0 Å². The third-order valence-corrected chi connectivity index (χ3v) is 2.34. The molecule has 0 aromatic carbocycles. The van der Waals surface area contributed by atoms with E-state index in [1.807, 2.05) is 13.0 Å². The molecule has 0 saturated heterocycles. The van der Waals surface area contributed by atoms with Crippen molar-refractivity contribution in [1.82, 2.24) is 0 Å². The number of hydrogen-bond acceptors (Lipinski definition) is 1. The second-order valence-corrected chi connectivity index (χ2v) is 3.54. The molecular formula is C12H20O. The van der Waals surface area contributed by atoms with Crippen LogP contribution in [0.3, 0.4) is 0 Å². The van der Waals surface area contributed by atoms with Crippen LogP contribution in [0.2, 0.25) is 0 Å². The van der Waals surface area contributed by atoms with E-state index in [1.54, 1.807) is 0 Å². The fourth-order valence-electron chi connectivity index (χ4n) is 1.72. The third-order valence-electron chi connectivity index (χ3n) is 2.34. The van der Waals surface area contributed by atoms with Crippen LogP contribution in [0.15, 0.2) is 24.0 Å². The highest BCUT2D eigenvalue weighted by Gasteiger charge is 2.16. The molecule has 1 aliphatic carbocycles. The normalized spacial score (nSPS) is 20.0. The number of rotatable bonds is 4. The van der Waals surface area contributed by atoms with Crippen LogP contribution in [0.1, 0.15) is 46.0 Å². The maximum absolute atomic E-state index is 5.87. The van der Waals surface area contributed by atoms with Gasteiger partial charge in [-0.15, -0.1) is 0 Å². The van der Waals surface area contributed by atoms with Crippen molar-refractivity contribution in [3.05, 3.63) is 24.0 Å². The smallest absolute Gasteiger partial charge is 0.115 e. The number of hydrogen-bond donors (Lipinski definition) is 0. The molecule has 0 aliphatic heterocycles. The second kappa shape index (κ2) is 5.85. The Morgan fingerprint density at radius 1 is 1.38 bits per heavy atom. The quantitative estimate of drug-likeness (QED) is 0.472. The SMILES string of the molecule is C/C=C\C(=C/CC)OC1CCCC1. The van der Waals surface area contributed by atoms with E-state index in [-0.39, 0.29) is 0 Å². The molecule has 0 unspecified atom stereocenters. The van der Waals surface area contributed by atoms with Crippen LogP contribution in [0, 0.1) is 0 Å². The van der Waals surface area contributed by atoms with Crippen LogP contribution < -0.4 is 0 Å². The van der Waals surface area contributed by atoms with Crippen molar-refractivity contribution in [1.29, 1.82) is 0 Å². The lowest BCUT2D eigenvalue weighted by Crippen LogP contribution is -2.05. The summed E-state index contributed by atoms with van der Waals surface area (Å²) in [4.78, 5) is 0. The molecular weight excluding hydrogens is 160 g/mol. The third kappa shape index (κ3) is 3.67. The van der Waals surface area contributed by atoms with E-state index in [1.165, 1.54) is 25.7 Å². The van der Waals surface area contributed by atoms with Crippen molar-refractivity contribution in [3.63, 3.8) is 0 Å². The molecule has 0 aromatic rings. The van der Waals surface area contributed by atoms with Gasteiger partial charge in [0.25, 0.3) is 0 Å². The van der Waals surface area contributed by atoms with Crippen LogP contribution in [0.5, 0.6) is 0 Å². The average Bonchev–Trinajstić information content (AvgIpc) is 2.58. The van der Waals surface area contributed by atoms with Crippen LogP contribution >= 0.6 is 0 Å². The van der Waals surface area contributed by atoms with Crippen molar-refractivity contribution in [2.45, 2.75) is 52.1 Å². The summed E-state index contributed by atoms with van der Waals surface area (Å²) in [5.41, 5.74) is 0. The summed E-state index contributed by atoms with van der Waals surface area (Å²) in [6.45, 7) is 4.17. The van der Waals surface area contributed by atoms with Crippen molar-refractivity contribution in [3.8, 4) is 0 Å². The van der Waals surface area contributed by atoms with Gasteiger partial charge in [-0.05, 0) is 51.2 Å². The molecule has 0 radical (unpaired) electrons. The largest absolute Gasteiger partial charge is 0.491 e. The molecule has 74 valence electrons. The minimum atomic E-state index is 0.481. The van der Waals surface area contributed by atoms with Gasteiger partial charge in [-0.1, -0.05) is 13.0 Å². The fraction of sp³-hybridized carbons (Fsp3) is 0.667. The van der Waals surface area contributed by atoms with E-state index in [0.717, 1.165) is 12.2 Å². The molecule has 0 atom stereocenters. The first-order valence-electron chi connectivity index (χ1n) is 5.36. The van der Waals surface area contributed by atoms with E-state index in [2.05, 4.69) is 19.1 Å². The van der Waals surface area contributed by atoms with Gasteiger partial charge in [0.1, 0.15) is 5.76 Å². The molecule has 0 heterocycles. The Bertz CT molecular complexity index is 185. The summed E-state index contributed by atoms with van der Waals surface area (Å²) in [7, 11) is 0. The summed E-state index contributed by atoms with van der Waals surface area (Å²) in [6, 6.07) is 0. The molecule has 1 rings (SSSR count). The van der Waals surface area contributed by atoms with E-state index in [4.69, 9.17) is 4.74 Å². The zero-order valence-corrected chi connectivity index (χ0v) is 8.75. The summed E-state index contributed by atoms with van der Waals surface area (Å²) in [5, 5.41) is 0. The first-order valence-corrected chi connectivity index (χ1v) is 5.36. The minimum absolute atomic E-state index is 0.481. The zero-order valence-electron chi connectivity index (χ0n) is 8.75. The average molecular weight is 180 g/mol. The van der Waals surface area contributed by atoms with Gasteiger partial charge in [-0.2, -0.15) is 0 Å². The first-order chi connectivity index (χ1) is 6.36. The number of ether oxygens (including phenoxy) is 1. The highest BCUT2D eigenvalue weighted by atomic mass is 16.5. The Balaban J connectivity index is 2.41. The fourth-order valence-corrected chi connectivity index (χ4v) is 1.72. The predicted octanol–water partition coefficient (Wildman–Crippen LogP) is 3.82. The maximum Gasteiger partial charge on any atom is 0.115 e.